The SMILES string of the molecule is CC1=CCCCC(COc2ccc(C(F)(F)F)cc2NC(=O)c2cc(O)ccc2O)=C1. The molecule has 1 aliphatic carbocycles. The van der Waals surface area contributed by atoms with Crippen molar-refractivity contribution in [1.29, 1.82) is 0 Å². The number of amides is 1. The molecule has 3 N–H and O–H groups in total. The molecule has 0 bridgehead atoms. The van der Waals surface area contributed by atoms with Crippen LogP contribution in [0.15, 0.2) is 59.7 Å². The Labute approximate surface area is 177 Å². The Hall–Kier alpha value is -3.42. The van der Waals surface area contributed by atoms with E-state index in [2.05, 4.69) is 11.4 Å². The van der Waals surface area contributed by atoms with Gasteiger partial charge in [0.05, 0.1) is 16.8 Å². The summed E-state index contributed by atoms with van der Waals surface area (Å²) in [7, 11) is 0. The molecule has 0 spiro atoms. The highest BCUT2D eigenvalue weighted by atomic mass is 19.4. The number of nitrogens with one attached hydrogen (secondary N) is 1. The van der Waals surface area contributed by atoms with Gasteiger partial charge >= 0.3 is 6.18 Å². The van der Waals surface area contributed by atoms with Gasteiger partial charge in [0.15, 0.2) is 0 Å². The summed E-state index contributed by atoms with van der Waals surface area (Å²) in [6.45, 7) is 2.13. The quantitative estimate of drug-likeness (QED) is 0.521. The summed E-state index contributed by atoms with van der Waals surface area (Å²) in [6, 6.07) is 6.12. The van der Waals surface area contributed by atoms with Crippen molar-refractivity contribution >= 4 is 11.6 Å². The van der Waals surface area contributed by atoms with Crippen molar-refractivity contribution in [3.8, 4) is 17.2 Å². The zero-order valence-corrected chi connectivity index (χ0v) is 16.8. The van der Waals surface area contributed by atoms with Crippen molar-refractivity contribution < 1.29 is 32.9 Å². The minimum absolute atomic E-state index is 0.0628. The van der Waals surface area contributed by atoms with Gasteiger partial charge in [-0.15, -0.1) is 0 Å². The molecule has 2 aromatic rings. The lowest BCUT2D eigenvalue weighted by Crippen LogP contribution is -2.15. The number of carbonyl (C=O) groups is 1. The molecule has 0 atom stereocenters. The van der Waals surface area contributed by atoms with Crippen LogP contribution >= 0.6 is 0 Å². The molecule has 0 saturated heterocycles. The third-order valence-electron chi connectivity index (χ3n) is 4.79. The lowest BCUT2D eigenvalue weighted by Gasteiger charge is -2.16. The fraction of sp³-hybridized carbons (Fsp3) is 0.261. The maximum atomic E-state index is 13.2. The average molecular weight is 433 g/mol. The minimum atomic E-state index is -4.61. The van der Waals surface area contributed by atoms with Crippen molar-refractivity contribution in [2.45, 2.75) is 32.4 Å². The molecule has 1 amide bonds. The second-order valence-electron chi connectivity index (χ2n) is 7.30. The van der Waals surface area contributed by atoms with E-state index in [1.54, 1.807) is 0 Å². The zero-order chi connectivity index (χ0) is 22.6. The molecule has 0 aromatic heterocycles. The Morgan fingerprint density at radius 3 is 2.68 bits per heavy atom. The number of halogens is 3. The van der Waals surface area contributed by atoms with Crippen molar-refractivity contribution in [2.75, 3.05) is 11.9 Å². The molecule has 8 heteroatoms. The number of benzene rings is 2. The first kappa shape index (κ1) is 22.3. The largest absolute Gasteiger partial charge is 0.508 e. The van der Waals surface area contributed by atoms with Crippen LogP contribution in [0.5, 0.6) is 17.2 Å². The van der Waals surface area contributed by atoms with E-state index < -0.39 is 23.4 Å². The van der Waals surface area contributed by atoms with E-state index in [0.717, 1.165) is 60.7 Å². The number of allylic oxidation sites excluding steroid dienone is 3. The van der Waals surface area contributed by atoms with Crippen LogP contribution < -0.4 is 10.1 Å². The van der Waals surface area contributed by atoms with Crippen LogP contribution in [0.4, 0.5) is 18.9 Å². The lowest BCUT2D eigenvalue weighted by molar-refractivity contribution is -0.137. The van der Waals surface area contributed by atoms with E-state index in [1.807, 2.05) is 13.0 Å². The number of alkyl halides is 3. The fourth-order valence-electron chi connectivity index (χ4n) is 3.22. The van der Waals surface area contributed by atoms with Crippen LogP contribution in [-0.2, 0) is 6.18 Å². The van der Waals surface area contributed by atoms with Gasteiger partial charge < -0.3 is 20.3 Å². The van der Waals surface area contributed by atoms with Gasteiger partial charge in [0.1, 0.15) is 23.9 Å². The van der Waals surface area contributed by atoms with Crippen LogP contribution in [0.1, 0.15) is 42.1 Å². The van der Waals surface area contributed by atoms with Crippen molar-refractivity contribution in [2.24, 2.45) is 0 Å². The molecule has 0 heterocycles. The van der Waals surface area contributed by atoms with Crippen LogP contribution in [0.2, 0.25) is 0 Å². The molecule has 1 aliphatic rings. The molecule has 31 heavy (non-hydrogen) atoms. The predicted octanol–water partition coefficient (Wildman–Crippen LogP) is 5.80. The number of anilines is 1. The third kappa shape index (κ3) is 5.81. The molecule has 0 saturated carbocycles. The number of hydrogen-bond acceptors (Lipinski definition) is 4. The highest BCUT2D eigenvalue weighted by molar-refractivity contribution is 6.07. The summed E-state index contributed by atoms with van der Waals surface area (Å²) in [4.78, 5) is 12.6. The molecule has 0 aliphatic heterocycles. The summed E-state index contributed by atoms with van der Waals surface area (Å²) in [6.07, 6.45) is 2.17. The monoisotopic (exact) mass is 433 g/mol. The maximum absolute atomic E-state index is 13.2. The zero-order valence-electron chi connectivity index (χ0n) is 16.8. The standard InChI is InChI=1S/C23H22F3NO4/c1-14-4-2-3-5-15(10-14)13-31-21-9-6-16(23(24,25)26)11-19(21)27-22(30)18-12-17(28)7-8-20(18)29/h4,6-12,28-29H,2-3,5,13H2,1H3,(H,27,30). The van der Waals surface area contributed by atoms with E-state index in [-0.39, 0.29) is 29.4 Å². The lowest BCUT2D eigenvalue weighted by atomic mass is 10.1. The van der Waals surface area contributed by atoms with Gasteiger partial charge in [-0.2, -0.15) is 13.2 Å². The van der Waals surface area contributed by atoms with Gasteiger partial charge in [-0.1, -0.05) is 17.7 Å². The second-order valence-corrected chi connectivity index (χ2v) is 7.30. The van der Waals surface area contributed by atoms with Crippen LogP contribution in [0, 0.1) is 0 Å². The van der Waals surface area contributed by atoms with Gasteiger partial charge in [-0.25, -0.2) is 0 Å². The number of aromatic hydroxyl groups is 2. The highest BCUT2D eigenvalue weighted by Gasteiger charge is 2.31. The second kappa shape index (κ2) is 9.16. The highest BCUT2D eigenvalue weighted by Crippen LogP contribution is 2.36. The van der Waals surface area contributed by atoms with Crippen molar-refractivity contribution in [3.05, 3.63) is 70.8 Å². The Bertz CT molecular complexity index is 1040. The molecule has 2 aromatic carbocycles. The summed E-state index contributed by atoms with van der Waals surface area (Å²) in [5.74, 6) is -1.51. The van der Waals surface area contributed by atoms with E-state index in [1.165, 1.54) is 6.07 Å². The first-order valence-electron chi connectivity index (χ1n) is 9.67. The Balaban J connectivity index is 1.88. The Kier molecular flexibility index (Phi) is 6.58. The van der Waals surface area contributed by atoms with Crippen LogP contribution in [-0.4, -0.2) is 22.7 Å². The topological polar surface area (TPSA) is 78.8 Å². The summed E-state index contributed by atoms with van der Waals surface area (Å²) in [5, 5.41) is 21.8. The van der Waals surface area contributed by atoms with E-state index >= 15 is 0 Å². The minimum Gasteiger partial charge on any atom is -0.508 e. The van der Waals surface area contributed by atoms with E-state index in [9.17, 15) is 28.2 Å². The van der Waals surface area contributed by atoms with E-state index in [0.29, 0.717) is 0 Å². The van der Waals surface area contributed by atoms with Gasteiger partial charge in [0.2, 0.25) is 0 Å². The first-order valence-corrected chi connectivity index (χ1v) is 9.67. The van der Waals surface area contributed by atoms with Crippen molar-refractivity contribution in [3.63, 3.8) is 0 Å². The smallest absolute Gasteiger partial charge is 0.416 e. The number of phenolic OH excluding ortho intramolecular Hbond substituents is 2. The van der Waals surface area contributed by atoms with Gasteiger partial charge in [0, 0.05) is 0 Å². The number of rotatable bonds is 5. The Morgan fingerprint density at radius 2 is 1.94 bits per heavy atom. The third-order valence-corrected chi connectivity index (χ3v) is 4.79. The Morgan fingerprint density at radius 1 is 1.16 bits per heavy atom. The number of hydrogen-bond donors (Lipinski definition) is 3. The summed E-state index contributed by atoms with van der Waals surface area (Å²) in [5.41, 5.74) is 0.660. The van der Waals surface area contributed by atoms with Gasteiger partial charge in [0.25, 0.3) is 5.91 Å². The van der Waals surface area contributed by atoms with E-state index in [4.69, 9.17) is 4.74 Å². The average Bonchev–Trinajstić information content (AvgIpc) is 2.91. The number of ether oxygens (including phenoxy) is 1. The molecule has 5 nitrogen and oxygen atoms in total. The number of phenols is 2. The van der Waals surface area contributed by atoms with Crippen LogP contribution in [0.3, 0.4) is 0 Å². The summed E-state index contributed by atoms with van der Waals surface area (Å²) >= 11 is 0. The van der Waals surface area contributed by atoms with Crippen molar-refractivity contribution in [1.82, 2.24) is 0 Å². The van der Waals surface area contributed by atoms with Gasteiger partial charge in [-0.3, -0.25) is 4.79 Å². The predicted molar refractivity (Wildman–Crippen MR) is 110 cm³/mol. The molecular formula is C23H22F3NO4. The molecule has 0 fully saturated rings. The maximum Gasteiger partial charge on any atom is 0.416 e. The number of carbonyl (C=O) groups excluding carboxylic acids is 1. The first-order chi connectivity index (χ1) is 14.6. The van der Waals surface area contributed by atoms with Gasteiger partial charge in [-0.05, 0) is 68.2 Å². The normalized spacial score (nSPS) is 14.3. The molecule has 0 unspecified atom stereocenters. The molecule has 0 radical (unpaired) electrons. The molecule has 3 rings (SSSR count). The van der Waals surface area contributed by atoms with Crippen LogP contribution in [0.25, 0.3) is 0 Å². The molecule has 164 valence electrons. The summed E-state index contributed by atoms with van der Waals surface area (Å²) < 4.78 is 45.3. The molecular weight excluding hydrogens is 411 g/mol. The fourth-order valence-corrected chi connectivity index (χ4v) is 3.22.